The summed E-state index contributed by atoms with van der Waals surface area (Å²) < 4.78 is 0. The van der Waals surface area contributed by atoms with Crippen molar-refractivity contribution < 1.29 is 0 Å². The number of nitrogens with one attached hydrogen (secondary N) is 1. The van der Waals surface area contributed by atoms with E-state index in [2.05, 4.69) is 42.6 Å². The maximum atomic E-state index is 3.36. The number of hydrogen-bond acceptors (Lipinski definition) is 1. The lowest BCUT2D eigenvalue weighted by atomic mass is 10.1. The maximum Gasteiger partial charge on any atom is 0.0386 e. The van der Waals surface area contributed by atoms with E-state index in [1.54, 1.807) is 0 Å². The highest BCUT2D eigenvalue weighted by Crippen LogP contribution is 2.17. The maximum absolute atomic E-state index is 3.36. The molecule has 0 saturated carbocycles. The average molecular weight is 196 g/mol. The summed E-state index contributed by atoms with van der Waals surface area (Å²) in [5.74, 6) is 0. The highest BCUT2D eigenvalue weighted by atomic mass is 14.9. The Bertz CT molecular complexity index is 420. The Labute approximate surface area is 90.8 Å². The Kier molecular flexibility index (Phi) is 3.03. The standard InChI is InChI=1S/C14H14N/c1-2-12-7-6-10-14(11-12)15-13-8-4-3-5-9-13/h4-11,15H,2H2,1H3. The molecule has 0 heterocycles. The highest BCUT2D eigenvalue weighted by molar-refractivity contribution is 5.59. The van der Waals surface area contributed by atoms with Crippen molar-refractivity contribution in [3.05, 3.63) is 60.2 Å². The lowest BCUT2D eigenvalue weighted by Crippen LogP contribution is -1.90. The molecule has 75 valence electrons. The molecule has 0 aromatic heterocycles. The normalized spacial score (nSPS) is 9.93. The van der Waals surface area contributed by atoms with Gasteiger partial charge < -0.3 is 5.32 Å². The molecule has 0 saturated heterocycles. The summed E-state index contributed by atoms with van der Waals surface area (Å²) in [5, 5.41) is 3.36. The fourth-order valence-electron chi connectivity index (χ4n) is 1.51. The van der Waals surface area contributed by atoms with Crippen LogP contribution in [0, 0.1) is 6.07 Å². The third-order valence-electron chi connectivity index (χ3n) is 2.34. The predicted octanol–water partition coefficient (Wildman–Crippen LogP) is 3.79. The molecule has 1 radical (unpaired) electrons. The molecule has 1 nitrogen and oxygen atoms in total. The zero-order valence-electron chi connectivity index (χ0n) is 8.83. The van der Waals surface area contributed by atoms with Gasteiger partial charge in [0.05, 0.1) is 0 Å². The van der Waals surface area contributed by atoms with Crippen LogP contribution in [0.4, 0.5) is 11.4 Å². The molecule has 2 rings (SSSR count). The van der Waals surface area contributed by atoms with E-state index in [1.807, 2.05) is 24.3 Å². The first-order chi connectivity index (χ1) is 7.38. The van der Waals surface area contributed by atoms with Crippen molar-refractivity contribution >= 4 is 11.4 Å². The van der Waals surface area contributed by atoms with Crippen molar-refractivity contribution in [2.75, 3.05) is 5.32 Å². The van der Waals surface area contributed by atoms with Crippen LogP contribution in [0.15, 0.2) is 48.5 Å². The van der Waals surface area contributed by atoms with E-state index in [0.29, 0.717) is 0 Å². The van der Waals surface area contributed by atoms with Crippen molar-refractivity contribution in [1.82, 2.24) is 0 Å². The van der Waals surface area contributed by atoms with Crippen LogP contribution in [0.1, 0.15) is 12.5 Å². The molecule has 0 amide bonds. The average Bonchev–Trinajstić information content (AvgIpc) is 2.31. The minimum absolute atomic E-state index is 1.07. The van der Waals surface area contributed by atoms with Gasteiger partial charge >= 0.3 is 0 Å². The molecule has 1 heteroatoms. The Hall–Kier alpha value is -1.76. The molecule has 1 N–H and O–H groups in total. The van der Waals surface area contributed by atoms with E-state index in [0.717, 1.165) is 17.8 Å². The Morgan fingerprint density at radius 2 is 1.87 bits per heavy atom. The number of rotatable bonds is 3. The summed E-state index contributed by atoms with van der Waals surface area (Å²) in [6, 6.07) is 19.3. The van der Waals surface area contributed by atoms with Crippen LogP contribution < -0.4 is 5.32 Å². The van der Waals surface area contributed by atoms with Gasteiger partial charge in [0.2, 0.25) is 0 Å². The minimum atomic E-state index is 1.07. The Balaban J connectivity index is 2.17. The topological polar surface area (TPSA) is 12.0 Å². The van der Waals surface area contributed by atoms with E-state index in [-0.39, 0.29) is 0 Å². The first-order valence-corrected chi connectivity index (χ1v) is 5.20. The Morgan fingerprint density at radius 1 is 1.07 bits per heavy atom. The van der Waals surface area contributed by atoms with Crippen molar-refractivity contribution in [3.8, 4) is 0 Å². The lowest BCUT2D eigenvalue weighted by Gasteiger charge is -2.07. The Morgan fingerprint density at radius 3 is 2.60 bits per heavy atom. The van der Waals surface area contributed by atoms with Crippen molar-refractivity contribution in [2.24, 2.45) is 0 Å². The smallest absolute Gasteiger partial charge is 0.0386 e. The molecule has 0 unspecified atom stereocenters. The van der Waals surface area contributed by atoms with Crippen LogP contribution in [0.5, 0.6) is 0 Å². The number of benzene rings is 2. The van der Waals surface area contributed by atoms with Gasteiger partial charge in [-0.2, -0.15) is 0 Å². The van der Waals surface area contributed by atoms with Gasteiger partial charge in [-0.1, -0.05) is 31.2 Å². The summed E-state index contributed by atoms with van der Waals surface area (Å²) in [4.78, 5) is 0. The van der Waals surface area contributed by atoms with Crippen LogP contribution in [0.2, 0.25) is 0 Å². The van der Waals surface area contributed by atoms with Gasteiger partial charge in [-0.3, -0.25) is 0 Å². The van der Waals surface area contributed by atoms with Gasteiger partial charge in [0.1, 0.15) is 0 Å². The molecule has 0 bridgehead atoms. The molecular weight excluding hydrogens is 182 g/mol. The third kappa shape index (κ3) is 2.59. The van der Waals surface area contributed by atoms with Crippen LogP contribution in [0.3, 0.4) is 0 Å². The quantitative estimate of drug-likeness (QED) is 0.787. The zero-order chi connectivity index (χ0) is 10.5. The fraction of sp³-hybridized carbons (Fsp3) is 0.143. The molecule has 0 aliphatic heterocycles. The summed E-state index contributed by atoms with van der Waals surface area (Å²) >= 11 is 0. The van der Waals surface area contributed by atoms with Gasteiger partial charge in [-0.25, -0.2) is 0 Å². The summed E-state index contributed by atoms with van der Waals surface area (Å²) in [6.45, 7) is 2.16. The molecule has 0 aliphatic carbocycles. The van der Waals surface area contributed by atoms with E-state index >= 15 is 0 Å². The largest absolute Gasteiger partial charge is 0.356 e. The zero-order valence-corrected chi connectivity index (χ0v) is 8.83. The lowest BCUT2D eigenvalue weighted by molar-refractivity contribution is 1.14. The van der Waals surface area contributed by atoms with Gasteiger partial charge in [0, 0.05) is 11.4 Å². The van der Waals surface area contributed by atoms with Crippen LogP contribution in [0.25, 0.3) is 0 Å². The van der Waals surface area contributed by atoms with Crippen LogP contribution in [-0.4, -0.2) is 0 Å². The molecule has 2 aromatic carbocycles. The molecular formula is C14H14N. The van der Waals surface area contributed by atoms with Crippen molar-refractivity contribution in [2.45, 2.75) is 13.3 Å². The molecule has 0 fully saturated rings. The van der Waals surface area contributed by atoms with Crippen LogP contribution >= 0.6 is 0 Å². The van der Waals surface area contributed by atoms with Crippen molar-refractivity contribution in [1.29, 1.82) is 0 Å². The second kappa shape index (κ2) is 4.65. The second-order valence-corrected chi connectivity index (χ2v) is 3.47. The summed E-state index contributed by atoms with van der Waals surface area (Å²) in [7, 11) is 0. The molecule has 15 heavy (non-hydrogen) atoms. The number of hydrogen-bond donors (Lipinski definition) is 1. The summed E-state index contributed by atoms with van der Waals surface area (Å²) in [6.07, 6.45) is 1.07. The first kappa shape index (κ1) is 9.78. The van der Waals surface area contributed by atoms with E-state index < -0.39 is 0 Å². The monoisotopic (exact) mass is 196 g/mol. The van der Waals surface area contributed by atoms with E-state index in [4.69, 9.17) is 0 Å². The van der Waals surface area contributed by atoms with Gasteiger partial charge in [0.15, 0.2) is 0 Å². The highest BCUT2D eigenvalue weighted by Gasteiger charge is 1.94. The van der Waals surface area contributed by atoms with E-state index in [1.165, 1.54) is 5.56 Å². The number of aryl methyl sites for hydroxylation is 1. The third-order valence-corrected chi connectivity index (χ3v) is 2.34. The second-order valence-electron chi connectivity index (χ2n) is 3.47. The number of anilines is 2. The molecule has 2 aromatic rings. The first-order valence-electron chi connectivity index (χ1n) is 5.20. The van der Waals surface area contributed by atoms with E-state index in [9.17, 15) is 0 Å². The van der Waals surface area contributed by atoms with Gasteiger partial charge in [0.25, 0.3) is 0 Å². The fourth-order valence-corrected chi connectivity index (χ4v) is 1.51. The van der Waals surface area contributed by atoms with Crippen molar-refractivity contribution in [3.63, 3.8) is 0 Å². The van der Waals surface area contributed by atoms with Gasteiger partial charge in [-0.15, -0.1) is 0 Å². The molecule has 0 spiro atoms. The van der Waals surface area contributed by atoms with Gasteiger partial charge in [-0.05, 0) is 42.3 Å². The summed E-state index contributed by atoms with van der Waals surface area (Å²) in [5.41, 5.74) is 3.59. The molecule has 0 aliphatic rings. The SMILES string of the molecule is CCc1cccc(Nc2cc[c]cc2)c1. The van der Waals surface area contributed by atoms with Crippen LogP contribution in [-0.2, 0) is 6.42 Å². The minimum Gasteiger partial charge on any atom is -0.356 e. The molecule has 0 atom stereocenters. The predicted molar refractivity (Wildman–Crippen MR) is 64.4 cm³/mol.